The van der Waals surface area contributed by atoms with Gasteiger partial charge in [0.25, 0.3) is 0 Å². The van der Waals surface area contributed by atoms with E-state index in [1.165, 1.54) is 12.1 Å². The van der Waals surface area contributed by atoms with Crippen LogP contribution < -0.4 is 5.32 Å². The van der Waals surface area contributed by atoms with E-state index in [2.05, 4.69) is 19.2 Å². The molecule has 3 nitrogen and oxygen atoms in total. The fourth-order valence-electron chi connectivity index (χ4n) is 2.84. The molecule has 1 aliphatic heterocycles. The smallest absolute Gasteiger partial charge is 0.244 e. The van der Waals surface area contributed by atoms with E-state index in [9.17, 15) is 9.18 Å². The third kappa shape index (κ3) is 2.22. The highest BCUT2D eigenvalue weighted by Crippen LogP contribution is 2.46. The minimum Gasteiger partial charge on any atom is -0.321 e. The summed E-state index contributed by atoms with van der Waals surface area (Å²) >= 11 is 0. The minimum absolute atomic E-state index is 0.111. The number of rotatable bonds is 4. The van der Waals surface area contributed by atoms with Gasteiger partial charge in [0.2, 0.25) is 5.91 Å². The Bertz CT molecular complexity index is 510. The molecule has 0 aromatic heterocycles. The molecule has 20 heavy (non-hydrogen) atoms. The second-order valence-corrected chi connectivity index (χ2v) is 6.15. The maximum absolute atomic E-state index is 13.1. The van der Waals surface area contributed by atoms with Crippen molar-refractivity contribution in [3.05, 3.63) is 35.6 Å². The van der Waals surface area contributed by atoms with Crippen LogP contribution >= 0.6 is 0 Å². The highest BCUT2D eigenvalue weighted by molar-refractivity contribution is 5.92. The van der Waals surface area contributed by atoms with Gasteiger partial charge in [-0.15, -0.1) is 0 Å². The van der Waals surface area contributed by atoms with Crippen LogP contribution in [0.2, 0.25) is 0 Å². The van der Waals surface area contributed by atoms with E-state index in [1.807, 2.05) is 4.90 Å². The largest absolute Gasteiger partial charge is 0.321 e. The maximum Gasteiger partial charge on any atom is 0.244 e. The van der Waals surface area contributed by atoms with Gasteiger partial charge >= 0.3 is 0 Å². The minimum atomic E-state index is -0.327. The Balaban J connectivity index is 1.87. The summed E-state index contributed by atoms with van der Waals surface area (Å²) in [5.74, 6) is 0.442. The van der Waals surface area contributed by atoms with E-state index in [0.717, 1.165) is 31.4 Å². The second-order valence-electron chi connectivity index (χ2n) is 6.15. The van der Waals surface area contributed by atoms with Crippen LogP contribution in [0.4, 0.5) is 4.39 Å². The lowest BCUT2D eigenvalue weighted by molar-refractivity contribution is -0.131. The maximum atomic E-state index is 13.1. The average Bonchev–Trinajstić information content (AvgIpc) is 3.18. The molecule has 1 spiro atoms. The van der Waals surface area contributed by atoms with Crippen molar-refractivity contribution < 1.29 is 9.18 Å². The van der Waals surface area contributed by atoms with Crippen molar-refractivity contribution in [1.82, 2.24) is 10.2 Å². The van der Waals surface area contributed by atoms with Crippen LogP contribution in [0.25, 0.3) is 0 Å². The summed E-state index contributed by atoms with van der Waals surface area (Å²) in [6.45, 7) is 5.05. The van der Waals surface area contributed by atoms with Crippen LogP contribution in [0.3, 0.4) is 0 Å². The van der Waals surface area contributed by atoms with Crippen LogP contribution in [0.1, 0.15) is 44.8 Å². The van der Waals surface area contributed by atoms with Gasteiger partial charge in [0.1, 0.15) is 17.5 Å². The molecule has 3 rings (SSSR count). The molecular weight excluding hydrogens is 255 g/mol. The highest BCUT2D eigenvalue weighted by Gasteiger charge is 2.59. The fraction of sp³-hybridized carbons (Fsp3) is 0.562. The quantitative estimate of drug-likeness (QED) is 0.917. The number of amides is 1. The number of nitrogens with zero attached hydrogens (tertiary/aromatic N) is 1. The number of hydrogen-bond donors (Lipinski definition) is 1. The normalized spacial score (nSPS) is 25.2. The third-order valence-electron chi connectivity index (χ3n) is 4.54. The number of nitrogens with one attached hydrogen (secondary N) is 1. The van der Waals surface area contributed by atoms with Crippen molar-refractivity contribution in [2.24, 2.45) is 5.92 Å². The van der Waals surface area contributed by atoms with E-state index in [0.29, 0.717) is 5.92 Å². The van der Waals surface area contributed by atoms with Crippen LogP contribution in [-0.2, 0) is 4.79 Å². The van der Waals surface area contributed by atoms with Gasteiger partial charge in [-0.3, -0.25) is 10.1 Å². The monoisotopic (exact) mass is 276 g/mol. The lowest BCUT2D eigenvalue weighted by atomic mass is 10.1. The van der Waals surface area contributed by atoms with E-state index < -0.39 is 0 Å². The zero-order valence-corrected chi connectivity index (χ0v) is 12.0. The zero-order valence-electron chi connectivity index (χ0n) is 12.0. The average molecular weight is 276 g/mol. The third-order valence-corrected chi connectivity index (χ3v) is 4.54. The van der Waals surface area contributed by atoms with Crippen molar-refractivity contribution in [3.8, 4) is 0 Å². The van der Waals surface area contributed by atoms with E-state index in [-0.39, 0.29) is 23.4 Å². The van der Waals surface area contributed by atoms with Crippen molar-refractivity contribution in [2.75, 3.05) is 6.54 Å². The Morgan fingerprint density at radius 2 is 2.05 bits per heavy atom. The van der Waals surface area contributed by atoms with E-state index in [4.69, 9.17) is 0 Å². The molecule has 1 N–H and O–H groups in total. The predicted molar refractivity (Wildman–Crippen MR) is 75.4 cm³/mol. The number of carbonyl (C=O) groups is 1. The molecule has 1 heterocycles. The van der Waals surface area contributed by atoms with Crippen molar-refractivity contribution in [3.63, 3.8) is 0 Å². The van der Waals surface area contributed by atoms with Crippen molar-refractivity contribution in [2.45, 2.75) is 44.8 Å². The molecule has 4 heteroatoms. The molecule has 1 saturated carbocycles. The molecule has 2 atom stereocenters. The number of carbonyl (C=O) groups excluding carboxylic acids is 1. The molecule has 0 bridgehead atoms. The molecule has 0 radical (unpaired) electrons. The molecule has 2 aliphatic rings. The summed E-state index contributed by atoms with van der Waals surface area (Å²) in [5.41, 5.74) is 0.638. The summed E-state index contributed by atoms with van der Waals surface area (Å²) in [4.78, 5) is 14.5. The first-order valence-corrected chi connectivity index (χ1v) is 7.40. The van der Waals surface area contributed by atoms with Gasteiger partial charge in [-0.1, -0.05) is 32.4 Å². The molecule has 1 aromatic carbocycles. The molecule has 1 amide bonds. The summed E-state index contributed by atoms with van der Waals surface area (Å²) < 4.78 is 13.1. The summed E-state index contributed by atoms with van der Waals surface area (Å²) in [6, 6.07) is 6.46. The molecule has 1 aromatic rings. The van der Waals surface area contributed by atoms with Gasteiger partial charge in [0.15, 0.2) is 0 Å². The summed E-state index contributed by atoms with van der Waals surface area (Å²) in [7, 11) is 0. The molecule has 1 aliphatic carbocycles. The summed E-state index contributed by atoms with van der Waals surface area (Å²) in [6.07, 6.45) is 2.77. The van der Waals surface area contributed by atoms with Crippen LogP contribution in [-0.4, -0.2) is 22.9 Å². The Labute approximate surface area is 119 Å². The zero-order chi connectivity index (χ0) is 14.3. The Kier molecular flexibility index (Phi) is 3.28. The lowest BCUT2D eigenvalue weighted by Gasteiger charge is -2.27. The van der Waals surface area contributed by atoms with Gasteiger partial charge in [0, 0.05) is 6.54 Å². The number of benzene rings is 1. The van der Waals surface area contributed by atoms with Gasteiger partial charge in [0.05, 0.1) is 0 Å². The van der Waals surface area contributed by atoms with Gasteiger partial charge in [-0.2, -0.15) is 0 Å². The molecular formula is C16H21FN2O. The first-order valence-electron chi connectivity index (χ1n) is 7.40. The lowest BCUT2D eigenvalue weighted by Crippen LogP contribution is -2.35. The Morgan fingerprint density at radius 1 is 1.40 bits per heavy atom. The van der Waals surface area contributed by atoms with Gasteiger partial charge < -0.3 is 4.90 Å². The first-order chi connectivity index (χ1) is 9.55. The van der Waals surface area contributed by atoms with E-state index in [1.54, 1.807) is 12.1 Å². The molecule has 1 saturated heterocycles. The fourth-order valence-corrected chi connectivity index (χ4v) is 2.84. The van der Waals surface area contributed by atoms with E-state index >= 15 is 0 Å². The first kappa shape index (κ1) is 13.6. The molecule has 2 fully saturated rings. The predicted octanol–water partition coefficient (Wildman–Crippen LogP) is 2.83. The summed E-state index contributed by atoms with van der Waals surface area (Å²) in [5, 5.41) is 3.46. The number of hydrogen-bond acceptors (Lipinski definition) is 2. The molecule has 2 unspecified atom stereocenters. The second kappa shape index (κ2) is 4.85. The standard InChI is InChI=1S/C16H21FN2O/c1-3-11(2)10-19-14(12-4-6-13(17)7-5-12)18-16(8-9-16)15(19)20/h4-7,11,14,18H,3,8-10H2,1-2H3. The van der Waals surface area contributed by atoms with Crippen molar-refractivity contribution in [1.29, 1.82) is 0 Å². The number of halogens is 1. The van der Waals surface area contributed by atoms with Crippen LogP contribution in [0, 0.1) is 11.7 Å². The SMILES string of the molecule is CCC(C)CN1C(=O)C2(CC2)NC1c1ccc(F)cc1. The topological polar surface area (TPSA) is 32.3 Å². The van der Waals surface area contributed by atoms with Crippen LogP contribution in [0.5, 0.6) is 0 Å². The molecule has 108 valence electrons. The van der Waals surface area contributed by atoms with Crippen LogP contribution in [0.15, 0.2) is 24.3 Å². The Hall–Kier alpha value is -1.42. The highest BCUT2D eigenvalue weighted by atomic mass is 19.1. The van der Waals surface area contributed by atoms with Crippen molar-refractivity contribution >= 4 is 5.91 Å². The Morgan fingerprint density at radius 3 is 2.60 bits per heavy atom. The van der Waals surface area contributed by atoms with Gasteiger partial charge in [-0.05, 0) is 36.5 Å². The van der Waals surface area contributed by atoms with Gasteiger partial charge in [-0.25, -0.2) is 4.39 Å².